The largest absolute Gasteiger partial charge is 0.497 e. The predicted octanol–water partition coefficient (Wildman–Crippen LogP) is 4.69. The minimum atomic E-state index is -0.342. The molecule has 0 fully saturated rings. The smallest absolute Gasteiger partial charge is 0.291 e. The van der Waals surface area contributed by atoms with Crippen LogP contribution >= 0.6 is 0 Å². The van der Waals surface area contributed by atoms with Crippen LogP contribution in [0.3, 0.4) is 0 Å². The van der Waals surface area contributed by atoms with Crippen molar-refractivity contribution < 1.29 is 18.7 Å². The van der Waals surface area contributed by atoms with Gasteiger partial charge in [-0.2, -0.15) is 0 Å². The van der Waals surface area contributed by atoms with E-state index < -0.39 is 0 Å². The lowest BCUT2D eigenvalue weighted by Crippen LogP contribution is -2.43. The summed E-state index contributed by atoms with van der Waals surface area (Å²) in [5, 5.41) is 6.21. The number of anilines is 1. The highest BCUT2D eigenvalue weighted by Crippen LogP contribution is 2.32. The number of hydrogen-bond donors (Lipinski definition) is 2. The summed E-state index contributed by atoms with van der Waals surface area (Å²) in [5.74, 6) is 0.503. The predicted molar refractivity (Wildman–Crippen MR) is 119 cm³/mol. The molecule has 6 nitrogen and oxygen atoms in total. The first-order valence-corrected chi connectivity index (χ1v) is 10.0. The number of benzene rings is 2. The fourth-order valence-corrected chi connectivity index (χ4v) is 3.69. The van der Waals surface area contributed by atoms with E-state index in [0.717, 1.165) is 23.4 Å². The van der Waals surface area contributed by atoms with Crippen LogP contribution in [0.1, 0.15) is 45.9 Å². The molecule has 0 aliphatic carbocycles. The molecule has 6 heteroatoms. The van der Waals surface area contributed by atoms with Gasteiger partial charge in [0.25, 0.3) is 5.91 Å². The Bertz CT molecular complexity index is 1140. The maximum Gasteiger partial charge on any atom is 0.291 e. The molecule has 0 atom stereocenters. The lowest BCUT2D eigenvalue weighted by Gasteiger charge is -2.35. The Balaban J connectivity index is 1.56. The summed E-state index contributed by atoms with van der Waals surface area (Å²) in [7, 11) is 1.63. The molecule has 0 saturated heterocycles. The van der Waals surface area contributed by atoms with E-state index in [0.29, 0.717) is 11.3 Å². The van der Waals surface area contributed by atoms with Gasteiger partial charge in [0.1, 0.15) is 5.75 Å². The van der Waals surface area contributed by atoms with E-state index in [1.165, 1.54) is 11.8 Å². The van der Waals surface area contributed by atoms with Crippen LogP contribution in [0.15, 0.2) is 71.4 Å². The van der Waals surface area contributed by atoms with Crippen LogP contribution in [-0.2, 0) is 6.42 Å². The van der Waals surface area contributed by atoms with Crippen LogP contribution in [0.2, 0.25) is 0 Å². The number of methoxy groups -OCH3 is 1. The number of amides is 1. The highest BCUT2D eigenvalue weighted by Gasteiger charge is 2.28. The third kappa shape index (κ3) is 4.53. The topological polar surface area (TPSA) is 80.6 Å². The Kier molecular flexibility index (Phi) is 5.38. The van der Waals surface area contributed by atoms with E-state index in [9.17, 15) is 9.59 Å². The molecule has 2 heterocycles. The molecule has 2 aromatic carbocycles. The average molecular weight is 416 g/mol. The molecule has 1 aliphatic rings. The van der Waals surface area contributed by atoms with Gasteiger partial charge in [0, 0.05) is 34.1 Å². The molecule has 0 radical (unpaired) electrons. The summed E-state index contributed by atoms with van der Waals surface area (Å²) in [6.45, 7) is 4.21. The molecule has 31 heavy (non-hydrogen) atoms. The standard InChI is InChI=1S/C25H24N2O4/c1-25(2)15-17-8-11-19(30-3)13-20(17)21(27-25)14-22(28)16-6-9-18(10-7-16)26-24(29)23-5-4-12-31-23/h4-14,27H,15H2,1-3H3,(H,26,29). The molecule has 1 aliphatic heterocycles. The lowest BCUT2D eigenvalue weighted by atomic mass is 9.85. The zero-order valence-corrected chi connectivity index (χ0v) is 17.7. The fourth-order valence-electron chi connectivity index (χ4n) is 3.69. The minimum Gasteiger partial charge on any atom is -0.497 e. The summed E-state index contributed by atoms with van der Waals surface area (Å²) < 4.78 is 10.4. The number of allylic oxidation sites excluding steroid dienone is 1. The van der Waals surface area contributed by atoms with Crippen LogP contribution in [0.25, 0.3) is 5.70 Å². The van der Waals surface area contributed by atoms with Crippen LogP contribution in [0.5, 0.6) is 5.75 Å². The van der Waals surface area contributed by atoms with E-state index in [2.05, 4.69) is 24.5 Å². The molecule has 1 aromatic heterocycles. The first kappa shape index (κ1) is 20.5. The molecule has 0 spiro atoms. The van der Waals surface area contributed by atoms with Crippen molar-refractivity contribution in [3.8, 4) is 5.75 Å². The lowest BCUT2D eigenvalue weighted by molar-refractivity contribution is 0.0995. The minimum absolute atomic E-state index is 0.127. The molecule has 0 saturated carbocycles. The van der Waals surface area contributed by atoms with E-state index in [1.807, 2.05) is 18.2 Å². The maximum absolute atomic E-state index is 13.0. The van der Waals surface area contributed by atoms with Crippen LogP contribution in [-0.4, -0.2) is 24.3 Å². The zero-order valence-electron chi connectivity index (χ0n) is 17.7. The fraction of sp³-hybridized carbons (Fsp3) is 0.200. The summed E-state index contributed by atoms with van der Waals surface area (Å²) in [5.41, 5.74) is 3.84. The van der Waals surface area contributed by atoms with Crippen molar-refractivity contribution in [2.75, 3.05) is 12.4 Å². The summed E-state index contributed by atoms with van der Waals surface area (Å²) in [6.07, 6.45) is 3.91. The highest BCUT2D eigenvalue weighted by atomic mass is 16.5. The molecule has 0 bridgehead atoms. The highest BCUT2D eigenvalue weighted by molar-refractivity contribution is 6.09. The second-order valence-corrected chi connectivity index (χ2v) is 8.14. The van der Waals surface area contributed by atoms with Crippen molar-refractivity contribution in [2.45, 2.75) is 25.8 Å². The van der Waals surface area contributed by atoms with Gasteiger partial charge in [-0.15, -0.1) is 0 Å². The quantitative estimate of drug-likeness (QED) is 0.466. The van der Waals surface area contributed by atoms with Crippen molar-refractivity contribution in [2.24, 2.45) is 0 Å². The second kappa shape index (κ2) is 8.14. The Morgan fingerprint density at radius 2 is 1.90 bits per heavy atom. The summed E-state index contributed by atoms with van der Waals surface area (Å²) >= 11 is 0. The Morgan fingerprint density at radius 1 is 1.13 bits per heavy atom. The normalized spacial score (nSPS) is 15.6. The van der Waals surface area contributed by atoms with Crippen molar-refractivity contribution in [3.05, 3.63) is 89.4 Å². The maximum atomic E-state index is 13.0. The van der Waals surface area contributed by atoms with E-state index in [1.54, 1.807) is 49.6 Å². The molecule has 4 rings (SSSR count). The van der Waals surface area contributed by atoms with Gasteiger partial charge in [-0.1, -0.05) is 6.07 Å². The zero-order chi connectivity index (χ0) is 22.0. The average Bonchev–Trinajstić information content (AvgIpc) is 3.28. The number of fused-ring (bicyclic) bond motifs is 1. The third-order valence-electron chi connectivity index (χ3n) is 5.16. The molecule has 3 aromatic rings. The number of hydrogen-bond acceptors (Lipinski definition) is 5. The molecule has 1 amide bonds. The number of carbonyl (C=O) groups is 2. The first-order valence-electron chi connectivity index (χ1n) is 10.0. The molecular formula is C25H24N2O4. The van der Waals surface area contributed by atoms with E-state index >= 15 is 0 Å². The van der Waals surface area contributed by atoms with Gasteiger partial charge in [0.05, 0.1) is 13.4 Å². The van der Waals surface area contributed by atoms with Crippen LogP contribution in [0, 0.1) is 0 Å². The number of ketones is 1. The van der Waals surface area contributed by atoms with Gasteiger partial charge in [-0.3, -0.25) is 9.59 Å². The van der Waals surface area contributed by atoms with Gasteiger partial charge in [-0.25, -0.2) is 0 Å². The number of furan rings is 1. The van der Waals surface area contributed by atoms with E-state index in [-0.39, 0.29) is 23.0 Å². The first-order chi connectivity index (χ1) is 14.8. The number of rotatable bonds is 5. The van der Waals surface area contributed by atoms with Crippen molar-refractivity contribution >= 4 is 23.1 Å². The number of nitrogens with one attached hydrogen (secondary N) is 2. The molecule has 0 unspecified atom stereocenters. The monoisotopic (exact) mass is 416 g/mol. The molecule has 2 N–H and O–H groups in total. The van der Waals surface area contributed by atoms with Gasteiger partial charge in [-0.05, 0) is 74.4 Å². The van der Waals surface area contributed by atoms with Crippen molar-refractivity contribution in [3.63, 3.8) is 0 Å². The van der Waals surface area contributed by atoms with Crippen LogP contribution in [0.4, 0.5) is 5.69 Å². The van der Waals surface area contributed by atoms with Gasteiger partial charge in [0.2, 0.25) is 0 Å². The summed E-state index contributed by atoms with van der Waals surface area (Å²) in [6, 6.07) is 16.0. The van der Waals surface area contributed by atoms with Gasteiger partial charge >= 0.3 is 0 Å². The van der Waals surface area contributed by atoms with Crippen LogP contribution < -0.4 is 15.4 Å². The number of ether oxygens (including phenoxy) is 1. The SMILES string of the molecule is COc1ccc2c(c1)C(=CC(=O)c1ccc(NC(=O)c3ccco3)cc1)NC(C)(C)C2. The second-order valence-electron chi connectivity index (χ2n) is 8.14. The van der Waals surface area contributed by atoms with Gasteiger partial charge < -0.3 is 19.8 Å². The Labute approximate surface area is 180 Å². The van der Waals surface area contributed by atoms with Gasteiger partial charge in [0.15, 0.2) is 11.5 Å². The molecule has 158 valence electrons. The van der Waals surface area contributed by atoms with E-state index in [4.69, 9.17) is 9.15 Å². The number of carbonyl (C=O) groups excluding carboxylic acids is 2. The molecular weight excluding hydrogens is 392 g/mol. The Morgan fingerprint density at radius 3 is 2.58 bits per heavy atom. The van der Waals surface area contributed by atoms with Crippen molar-refractivity contribution in [1.82, 2.24) is 5.32 Å². The summed E-state index contributed by atoms with van der Waals surface area (Å²) in [4.78, 5) is 25.0. The Hall–Kier alpha value is -3.80. The third-order valence-corrected chi connectivity index (χ3v) is 5.16. The van der Waals surface area contributed by atoms with Crippen molar-refractivity contribution in [1.29, 1.82) is 0 Å².